The fourth-order valence-electron chi connectivity index (χ4n) is 2.10. The van der Waals surface area contributed by atoms with Crippen LogP contribution < -0.4 is 4.74 Å². The smallest absolute Gasteiger partial charge is 0.303 e. The average molecular weight is 277 g/mol. The number of hydrogen-bond donors (Lipinski definition) is 1. The van der Waals surface area contributed by atoms with Crippen molar-refractivity contribution >= 4 is 11.9 Å². The first-order valence-corrected chi connectivity index (χ1v) is 6.75. The maximum Gasteiger partial charge on any atom is 0.303 e. The van der Waals surface area contributed by atoms with Crippen molar-refractivity contribution in [3.8, 4) is 5.75 Å². The lowest BCUT2D eigenvalue weighted by molar-refractivity contribution is -0.141. The van der Waals surface area contributed by atoms with Gasteiger partial charge in [-0.25, -0.2) is 0 Å². The van der Waals surface area contributed by atoms with Gasteiger partial charge in [-0.15, -0.1) is 0 Å². The van der Waals surface area contributed by atoms with E-state index in [0.717, 1.165) is 0 Å². The van der Waals surface area contributed by atoms with Crippen molar-refractivity contribution in [2.24, 2.45) is 0 Å². The topological polar surface area (TPSA) is 66.8 Å². The molecule has 0 unspecified atom stereocenters. The van der Waals surface area contributed by atoms with E-state index in [4.69, 9.17) is 9.84 Å². The molecule has 108 valence electrons. The molecule has 1 amide bonds. The van der Waals surface area contributed by atoms with E-state index in [1.165, 1.54) is 0 Å². The van der Waals surface area contributed by atoms with Gasteiger partial charge in [0.15, 0.2) is 5.60 Å². The van der Waals surface area contributed by atoms with Crippen molar-refractivity contribution in [1.29, 1.82) is 0 Å². The van der Waals surface area contributed by atoms with Gasteiger partial charge in [-0.05, 0) is 18.6 Å². The molecule has 1 saturated carbocycles. The van der Waals surface area contributed by atoms with Gasteiger partial charge in [-0.3, -0.25) is 9.59 Å². The van der Waals surface area contributed by atoms with Crippen LogP contribution in [0, 0.1) is 0 Å². The van der Waals surface area contributed by atoms with Crippen molar-refractivity contribution < 1.29 is 19.4 Å². The fraction of sp³-hybridized carbons (Fsp3) is 0.467. The zero-order chi connectivity index (χ0) is 14.6. The van der Waals surface area contributed by atoms with E-state index in [9.17, 15) is 9.59 Å². The summed E-state index contributed by atoms with van der Waals surface area (Å²) in [4.78, 5) is 24.4. The monoisotopic (exact) mass is 277 g/mol. The Kier molecular flexibility index (Phi) is 4.27. The molecule has 0 spiro atoms. The Morgan fingerprint density at radius 3 is 2.50 bits per heavy atom. The Labute approximate surface area is 118 Å². The van der Waals surface area contributed by atoms with E-state index in [0.29, 0.717) is 31.6 Å². The number of amides is 1. The molecule has 0 radical (unpaired) electrons. The van der Waals surface area contributed by atoms with Crippen LogP contribution in [0.3, 0.4) is 0 Å². The number of carboxylic acid groups (broad SMARTS) is 1. The molecule has 5 nitrogen and oxygen atoms in total. The molecule has 2 rings (SSSR count). The van der Waals surface area contributed by atoms with Gasteiger partial charge in [-0.1, -0.05) is 18.2 Å². The molecule has 1 aromatic rings. The number of carbonyl (C=O) groups is 2. The van der Waals surface area contributed by atoms with Crippen molar-refractivity contribution in [2.45, 2.75) is 31.3 Å². The molecule has 1 fully saturated rings. The van der Waals surface area contributed by atoms with Crippen LogP contribution in [0.4, 0.5) is 0 Å². The molecular weight excluding hydrogens is 258 g/mol. The zero-order valence-electron chi connectivity index (χ0n) is 11.5. The van der Waals surface area contributed by atoms with Crippen molar-refractivity contribution in [3.05, 3.63) is 30.3 Å². The molecule has 0 bridgehead atoms. The minimum absolute atomic E-state index is 0.0632. The second kappa shape index (κ2) is 5.94. The molecule has 20 heavy (non-hydrogen) atoms. The van der Waals surface area contributed by atoms with Crippen LogP contribution in [0.5, 0.6) is 5.75 Å². The van der Waals surface area contributed by atoms with E-state index in [1.807, 2.05) is 30.3 Å². The molecule has 1 aliphatic carbocycles. The summed E-state index contributed by atoms with van der Waals surface area (Å²) in [5.41, 5.74) is -0.737. The number of ether oxygens (including phenoxy) is 1. The molecule has 0 atom stereocenters. The van der Waals surface area contributed by atoms with Gasteiger partial charge in [0, 0.05) is 32.9 Å². The number of likely N-dealkylation sites (N-methyl/N-ethyl adjacent to an activating group) is 1. The lowest BCUT2D eigenvalue weighted by Crippen LogP contribution is -2.42. The first kappa shape index (κ1) is 14.4. The highest BCUT2D eigenvalue weighted by Gasteiger charge is 2.54. The number of benzene rings is 1. The first-order valence-electron chi connectivity index (χ1n) is 6.75. The van der Waals surface area contributed by atoms with Crippen LogP contribution in [0.1, 0.15) is 25.7 Å². The van der Waals surface area contributed by atoms with E-state index >= 15 is 0 Å². The second-order valence-electron chi connectivity index (χ2n) is 5.13. The third kappa shape index (κ3) is 3.50. The largest absolute Gasteiger partial charge is 0.481 e. The number of para-hydroxylation sites is 1. The van der Waals surface area contributed by atoms with Crippen LogP contribution in [0.15, 0.2) is 30.3 Å². The first-order chi connectivity index (χ1) is 9.53. The highest BCUT2D eigenvalue weighted by Crippen LogP contribution is 2.41. The number of rotatable bonds is 7. The second-order valence-corrected chi connectivity index (χ2v) is 5.13. The molecule has 1 aromatic carbocycles. The number of carbonyl (C=O) groups excluding carboxylic acids is 1. The van der Waals surface area contributed by atoms with Gasteiger partial charge < -0.3 is 14.7 Å². The molecular formula is C15H19NO4. The summed E-state index contributed by atoms with van der Waals surface area (Å²) in [6.07, 6.45) is 1.96. The van der Waals surface area contributed by atoms with Crippen LogP contribution in [0.2, 0.25) is 0 Å². The highest BCUT2D eigenvalue weighted by atomic mass is 16.5. The minimum atomic E-state index is -0.840. The number of carboxylic acids is 1. The van der Waals surface area contributed by atoms with Gasteiger partial charge in [-0.2, -0.15) is 0 Å². The number of hydrogen-bond acceptors (Lipinski definition) is 3. The van der Waals surface area contributed by atoms with Crippen LogP contribution in [-0.4, -0.2) is 41.1 Å². The normalized spacial score (nSPS) is 15.4. The SMILES string of the molecule is CN(CCCC(=O)O)C(=O)C1(Oc2ccccc2)CC1. The molecule has 0 saturated heterocycles. The maximum atomic E-state index is 12.4. The van der Waals surface area contributed by atoms with E-state index in [2.05, 4.69) is 0 Å². The van der Waals surface area contributed by atoms with Crippen molar-refractivity contribution in [3.63, 3.8) is 0 Å². The molecule has 1 N–H and O–H groups in total. The Morgan fingerprint density at radius 2 is 1.95 bits per heavy atom. The molecule has 0 aliphatic heterocycles. The number of aliphatic carboxylic acids is 1. The summed E-state index contributed by atoms with van der Waals surface area (Å²) in [5, 5.41) is 8.60. The van der Waals surface area contributed by atoms with Crippen LogP contribution >= 0.6 is 0 Å². The summed E-state index contributed by atoms with van der Waals surface area (Å²) < 4.78 is 5.82. The Hall–Kier alpha value is -2.04. The minimum Gasteiger partial charge on any atom is -0.481 e. The quantitative estimate of drug-likeness (QED) is 0.827. The molecule has 1 aliphatic rings. The molecule has 0 heterocycles. The standard InChI is InChI=1S/C15H19NO4/c1-16(11-5-8-13(17)18)14(19)15(9-10-15)20-12-6-3-2-4-7-12/h2-4,6-7H,5,8-11H2,1H3,(H,17,18). The Balaban J connectivity index is 1.89. The van der Waals surface area contributed by atoms with Crippen LogP contribution in [0.25, 0.3) is 0 Å². The third-order valence-electron chi connectivity index (χ3n) is 3.38. The van der Waals surface area contributed by atoms with E-state index in [-0.39, 0.29) is 12.3 Å². The van der Waals surface area contributed by atoms with E-state index < -0.39 is 11.6 Å². The van der Waals surface area contributed by atoms with Gasteiger partial charge >= 0.3 is 5.97 Å². The predicted molar refractivity (Wildman–Crippen MR) is 73.5 cm³/mol. The maximum absolute atomic E-state index is 12.4. The van der Waals surface area contributed by atoms with Crippen LogP contribution in [-0.2, 0) is 9.59 Å². The lowest BCUT2D eigenvalue weighted by Gasteiger charge is -2.24. The molecule has 0 aromatic heterocycles. The van der Waals surface area contributed by atoms with Gasteiger partial charge in [0.1, 0.15) is 5.75 Å². The lowest BCUT2D eigenvalue weighted by atomic mass is 10.2. The van der Waals surface area contributed by atoms with E-state index in [1.54, 1.807) is 11.9 Å². The van der Waals surface area contributed by atoms with Gasteiger partial charge in [0.2, 0.25) is 0 Å². The average Bonchev–Trinajstić information content (AvgIpc) is 3.19. The van der Waals surface area contributed by atoms with Crippen molar-refractivity contribution in [2.75, 3.05) is 13.6 Å². The summed E-state index contributed by atoms with van der Waals surface area (Å²) in [6.45, 7) is 0.436. The fourth-order valence-corrected chi connectivity index (χ4v) is 2.10. The Morgan fingerprint density at radius 1 is 1.30 bits per heavy atom. The highest BCUT2D eigenvalue weighted by molar-refractivity contribution is 5.88. The van der Waals surface area contributed by atoms with Gasteiger partial charge in [0.05, 0.1) is 0 Å². The number of nitrogens with zero attached hydrogens (tertiary/aromatic N) is 1. The Bertz CT molecular complexity index is 482. The summed E-state index contributed by atoms with van der Waals surface area (Å²) in [7, 11) is 1.69. The summed E-state index contributed by atoms with van der Waals surface area (Å²) in [5.74, 6) is -0.212. The predicted octanol–water partition coefficient (Wildman–Crippen LogP) is 1.92. The molecule has 5 heteroatoms. The summed E-state index contributed by atoms with van der Waals surface area (Å²) in [6, 6.07) is 9.29. The zero-order valence-corrected chi connectivity index (χ0v) is 11.5. The van der Waals surface area contributed by atoms with Gasteiger partial charge in [0.25, 0.3) is 5.91 Å². The third-order valence-corrected chi connectivity index (χ3v) is 3.38. The van der Waals surface area contributed by atoms with Crippen molar-refractivity contribution in [1.82, 2.24) is 4.90 Å². The summed E-state index contributed by atoms with van der Waals surface area (Å²) >= 11 is 0.